The largest absolute Gasteiger partial charge is 0.370 e. The van der Waals surface area contributed by atoms with Gasteiger partial charge in [-0.1, -0.05) is 42.5 Å². The van der Waals surface area contributed by atoms with Gasteiger partial charge in [-0.05, 0) is 44.0 Å². The van der Waals surface area contributed by atoms with Crippen molar-refractivity contribution in [2.24, 2.45) is 0 Å². The predicted molar refractivity (Wildman–Crippen MR) is 91.6 cm³/mol. The maximum absolute atomic E-state index is 3.51. The molecule has 2 nitrogen and oxygen atoms in total. The summed E-state index contributed by atoms with van der Waals surface area (Å²) in [5.41, 5.74) is 4.06. The fraction of sp³-hybridized carbons (Fsp3) is 0.368. The van der Waals surface area contributed by atoms with Crippen LogP contribution in [0.15, 0.2) is 54.6 Å². The van der Waals surface area contributed by atoms with Gasteiger partial charge in [0.1, 0.15) is 0 Å². The maximum atomic E-state index is 3.51. The molecule has 0 aliphatic heterocycles. The van der Waals surface area contributed by atoms with Crippen LogP contribution < -0.4 is 10.2 Å². The standard InChI is InChI=1S/C19H26N2/c1-19(2,3)20-14-16-10-12-18(13-11-16)21(4)15-17-8-6-5-7-9-17/h5-13,20H,14-15H2,1-4H3. The fourth-order valence-electron chi connectivity index (χ4n) is 2.18. The highest BCUT2D eigenvalue weighted by atomic mass is 15.1. The molecule has 0 atom stereocenters. The topological polar surface area (TPSA) is 15.3 Å². The van der Waals surface area contributed by atoms with Crippen LogP contribution in [0.1, 0.15) is 31.9 Å². The van der Waals surface area contributed by atoms with Crippen molar-refractivity contribution in [2.75, 3.05) is 11.9 Å². The van der Waals surface area contributed by atoms with Crippen molar-refractivity contribution >= 4 is 5.69 Å². The van der Waals surface area contributed by atoms with Gasteiger partial charge in [0.25, 0.3) is 0 Å². The second-order valence-corrected chi connectivity index (χ2v) is 6.61. The van der Waals surface area contributed by atoms with Gasteiger partial charge < -0.3 is 10.2 Å². The van der Waals surface area contributed by atoms with E-state index in [2.05, 4.69) is 92.6 Å². The van der Waals surface area contributed by atoms with Crippen molar-refractivity contribution in [1.82, 2.24) is 5.32 Å². The van der Waals surface area contributed by atoms with Gasteiger partial charge >= 0.3 is 0 Å². The molecule has 0 radical (unpaired) electrons. The molecule has 112 valence electrons. The Balaban J connectivity index is 1.95. The molecule has 0 unspecified atom stereocenters. The Morgan fingerprint density at radius 1 is 0.857 bits per heavy atom. The third-order valence-corrected chi connectivity index (χ3v) is 3.46. The minimum atomic E-state index is 0.156. The van der Waals surface area contributed by atoms with E-state index < -0.39 is 0 Å². The Labute approximate surface area is 128 Å². The van der Waals surface area contributed by atoms with E-state index in [-0.39, 0.29) is 5.54 Å². The summed E-state index contributed by atoms with van der Waals surface area (Å²) in [7, 11) is 2.13. The first-order valence-electron chi connectivity index (χ1n) is 7.53. The lowest BCUT2D eigenvalue weighted by atomic mass is 10.1. The molecular weight excluding hydrogens is 256 g/mol. The molecule has 2 heteroatoms. The van der Waals surface area contributed by atoms with Crippen LogP contribution in [-0.4, -0.2) is 12.6 Å². The number of nitrogens with one attached hydrogen (secondary N) is 1. The van der Waals surface area contributed by atoms with Crippen molar-refractivity contribution in [3.8, 4) is 0 Å². The number of anilines is 1. The van der Waals surface area contributed by atoms with Crippen molar-refractivity contribution < 1.29 is 0 Å². The lowest BCUT2D eigenvalue weighted by Crippen LogP contribution is -2.35. The molecule has 0 bridgehead atoms. The highest BCUT2D eigenvalue weighted by Gasteiger charge is 2.08. The van der Waals surface area contributed by atoms with Crippen LogP contribution in [0.3, 0.4) is 0 Å². The molecule has 0 saturated carbocycles. The molecule has 0 fully saturated rings. The van der Waals surface area contributed by atoms with E-state index in [1.54, 1.807) is 0 Å². The van der Waals surface area contributed by atoms with Gasteiger partial charge in [-0.15, -0.1) is 0 Å². The average molecular weight is 282 g/mol. The minimum Gasteiger partial charge on any atom is -0.370 e. The smallest absolute Gasteiger partial charge is 0.0426 e. The van der Waals surface area contributed by atoms with Gasteiger partial charge in [0.05, 0.1) is 0 Å². The molecule has 2 aromatic carbocycles. The Hall–Kier alpha value is -1.80. The van der Waals surface area contributed by atoms with Crippen molar-refractivity contribution in [1.29, 1.82) is 0 Å². The number of rotatable bonds is 5. The SMILES string of the molecule is CN(Cc1ccccc1)c1ccc(CNC(C)(C)C)cc1. The Bertz CT molecular complexity index is 538. The zero-order valence-corrected chi connectivity index (χ0v) is 13.6. The zero-order valence-electron chi connectivity index (χ0n) is 13.6. The van der Waals surface area contributed by atoms with E-state index in [0.29, 0.717) is 0 Å². The van der Waals surface area contributed by atoms with E-state index in [4.69, 9.17) is 0 Å². The van der Waals surface area contributed by atoms with Crippen LogP contribution in [0.5, 0.6) is 0 Å². The molecule has 0 saturated heterocycles. The molecule has 0 aliphatic rings. The van der Waals surface area contributed by atoms with Crippen LogP contribution >= 0.6 is 0 Å². The van der Waals surface area contributed by atoms with E-state index in [9.17, 15) is 0 Å². The Kier molecular flexibility index (Phi) is 5.03. The van der Waals surface area contributed by atoms with Gasteiger partial charge in [-0.3, -0.25) is 0 Å². The quantitative estimate of drug-likeness (QED) is 0.883. The molecule has 2 aromatic rings. The summed E-state index contributed by atoms with van der Waals surface area (Å²) in [6, 6.07) is 19.4. The number of nitrogens with zero attached hydrogens (tertiary/aromatic N) is 1. The first-order chi connectivity index (χ1) is 9.94. The third kappa shape index (κ3) is 5.24. The zero-order chi connectivity index (χ0) is 15.3. The minimum absolute atomic E-state index is 0.156. The molecule has 2 rings (SSSR count). The lowest BCUT2D eigenvalue weighted by molar-refractivity contribution is 0.424. The van der Waals surface area contributed by atoms with E-state index in [1.165, 1.54) is 16.8 Å². The van der Waals surface area contributed by atoms with Crippen LogP contribution in [0.4, 0.5) is 5.69 Å². The van der Waals surface area contributed by atoms with Crippen molar-refractivity contribution in [3.63, 3.8) is 0 Å². The summed E-state index contributed by atoms with van der Waals surface area (Å²) < 4.78 is 0. The highest BCUT2D eigenvalue weighted by Crippen LogP contribution is 2.17. The van der Waals surface area contributed by atoms with Crippen LogP contribution in [-0.2, 0) is 13.1 Å². The van der Waals surface area contributed by atoms with Gasteiger partial charge in [0.15, 0.2) is 0 Å². The second-order valence-electron chi connectivity index (χ2n) is 6.61. The predicted octanol–water partition coefficient (Wildman–Crippen LogP) is 4.21. The Morgan fingerprint density at radius 2 is 1.48 bits per heavy atom. The van der Waals surface area contributed by atoms with Gasteiger partial charge in [-0.2, -0.15) is 0 Å². The molecule has 0 aromatic heterocycles. The van der Waals surface area contributed by atoms with E-state index in [1.807, 2.05) is 0 Å². The molecule has 0 spiro atoms. The monoisotopic (exact) mass is 282 g/mol. The summed E-state index contributed by atoms with van der Waals surface area (Å²) in [4.78, 5) is 2.27. The number of hydrogen-bond acceptors (Lipinski definition) is 2. The first-order valence-corrected chi connectivity index (χ1v) is 7.53. The molecule has 21 heavy (non-hydrogen) atoms. The van der Waals surface area contributed by atoms with Crippen molar-refractivity contribution in [3.05, 3.63) is 65.7 Å². The van der Waals surface area contributed by atoms with E-state index in [0.717, 1.165) is 13.1 Å². The fourth-order valence-corrected chi connectivity index (χ4v) is 2.18. The summed E-state index contributed by atoms with van der Waals surface area (Å²) >= 11 is 0. The Morgan fingerprint density at radius 3 is 2.05 bits per heavy atom. The molecule has 0 aliphatic carbocycles. The summed E-state index contributed by atoms with van der Waals surface area (Å²) in [6.45, 7) is 8.41. The van der Waals surface area contributed by atoms with E-state index >= 15 is 0 Å². The average Bonchev–Trinajstić information content (AvgIpc) is 2.46. The molecular formula is C19H26N2. The second kappa shape index (κ2) is 6.77. The van der Waals surface area contributed by atoms with Crippen LogP contribution in [0.2, 0.25) is 0 Å². The van der Waals surface area contributed by atoms with Gasteiger partial charge in [0, 0.05) is 31.4 Å². The maximum Gasteiger partial charge on any atom is 0.0426 e. The molecule has 0 amide bonds. The van der Waals surface area contributed by atoms with Crippen LogP contribution in [0, 0.1) is 0 Å². The van der Waals surface area contributed by atoms with Crippen LogP contribution in [0.25, 0.3) is 0 Å². The normalized spacial score (nSPS) is 11.4. The highest BCUT2D eigenvalue weighted by molar-refractivity contribution is 5.47. The van der Waals surface area contributed by atoms with Gasteiger partial charge in [-0.25, -0.2) is 0 Å². The van der Waals surface area contributed by atoms with Gasteiger partial charge in [0.2, 0.25) is 0 Å². The number of benzene rings is 2. The third-order valence-electron chi connectivity index (χ3n) is 3.46. The summed E-state index contributed by atoms with van der Waals surface area (Å²) in [6.07, 6.45) is 0. The lowest BCUT2D eigenvalue weighted by Gasteiger charge is -2.22. The molecule has 1 N–H and O–H groups in total. The summed E-state index contributed by atoms with van der Waals surface area (Å²) in [5, 5.41) is 3.51. The first kappa shape index (κ1) is 15.6. The molecule has 0 heterocycles. The van der Waals surface area contributed by atoms with Crippen molar-refractivity contribution in [2.45, 2.75) is 39.4 Å². The summed E-state index contributed by atoms with van der Waals surface area (Å²) in [5.74, 6) is 0. The number of hydrogen-bond donors (Lipinski definition) is 1.